The third kappa shape index (κ3) is 5.09. The number of hydrogen-bond donors (Lipinski definition) is 1. The third-order valence-corrected chi connectivity index (χ3v) is 6.78. The number of nitrogens with zero attached hydrogens (tertiary/aromatic N) is 3. The zero-order valence-electron chi connectivity index (χ0n) is 18.7. The van der Waals surface area contributed by atoms with Gasteiger partial charge < -0.3 is 14.6 Å². The lowest BCUT2D eigenvalue weighted by Crippen LogP contribution is -2.44. The molecule has 170 valence electrons. The number of halogens is 1. The van der Waals surface area contributed by atoms with Crippen LogP contribution in [0.5, 0.6) is 0 Å². The number of nitrogens with one attached hydrogen (secondary N) is 1. The summed E-state index contributed by atoms with van der Waals surface area (Å²) in [4.78, 5) is 19.8. The smallest absolute Gasteiger partial charge is 0.240 e. The van der Waals surface area contributed by atoms with Crippen molar-refractivity contribution in [1.82, 2.24) is 19.8 Å². The van der Waals surface area contributed by atoms with Crippen molar-refractivity contribution in [3.05, 3.63) is 63.5 Å². The van der Waals surface area contributed by atoms with Gasteiger partial charge in [0.1, 0.15) is 12.4 Å². The van der Waals surface area contributed by atoms with E-state index in [-0.39, 0.29) is 24.3 Å². The van der Waals surface area contributed by atoms with Crippen LogP contribution in [0.15, 0.2) is 35.7 Å². The first kappa shape index (κ1) is 22.6. The first-order valence-electron chi connectivity index (χ1n) is 10.9. The van der Waals surface area contributed by atoms with E-state index in [9.17, 15) is 9.18 Å². The maximum Gasteiger partial charge on any atom is 0.240 e. The lowest BCUT2D eigenvalue weighted by Gasteiger charge is -2.35. The summed E-state index contributed by atoms with van der Waals surface area (Å²) in [7, 11) is 0. The lowest BCUT2D eigenvalue weighted by atomic mass is 10.0. The summed E-state index contributed by atoms with van der Waals surface area (Å²) in [5, 5.41) is 6.18. The van der Waals surface area contributed by atoms with Gasteiger partial charge in [0.15, 0.2) is 0 Å². The molecule has 2 aromatic heterocycles. The number of benzene rings is 1. The number of amides is 1. The number of carbonyl (C=O) groups is 1. The van der Waals surface area contributed by atoms with Crippen molar-refractivity contribution < 1.29 is 13.9 Å². The van der Waals surface area contributed by atoms with E-state index in [1.165, 1.54) is 12.1 Å². The van der Waals surface area contributed by atoms with Gasteiger partial charge in [-0.05, 0) is 44.5 Å². The van der Waals surface area contributed by atoms with Crippen LogP contribution in [0.1, 0.15) is 28.0 Å². The van der Waals surface area contributed by atoms with Crippen LogP contribution >= 0.6 is 11.3 Å². The van der Waals surface area contributed by atoms with Gasteiger partial charge in [0.05, 0.1) is 30.0 Å². The van der Waals surface area contributed by atoms with Crippen molar-refractivity contribution in [2.24, 2.45) is 0 Å². The minimum atomic E-state index is -0.261. The van der Waals surface area contributed by atoms with E-state index in [1.54, 1.807) is 23.5 Å². The van der Waals surface area contributed by atoms with E-state index in [0.717, 1.165) is 46.3 Å². The number of thiazole rings is 1. The molecule has 32 heavy (non-hydrogen) atoms. The molecule has 0 spiro atoms. The highest BCUT2D eigenvalue weighted by Gasteiger charge is 2.24. The molecule has 1 N–H and O–H groups in total. The Labute approximate surface area is 192 Å². The van der Waals surface area contributed by atoms with Crippen molar-refractivity contribution >= 4 is 17.2 Å². The molecular formula is C24H29FN4O2S. The molecule has 1 aliphatic heterocycles. The molecule has 3 heterocycles. The summed E-state index contributed by atoms with van der Waals surface area (Å²) in [5.74, 6) is -0.309. The molecule has 0 aliphatic carbocycles. The number of aromatic nitrogens is 2. The molecule has 0 saturated carbocycles. The van der Waals surface area contributed by atoms with Gasteiger partial charge >= 0.3 is 0 Å². The molecule has 3 aromatic rings. The summed E-state index contributed by atoms with van der Waals surface area (Å²) in [6, 6.07) is 8.60. The van der Waals surface area contributed by atoms with Gasteiger partial charge in [0.2, 0.25) is 5.91 Å². The van der Waals surface area contributed by atoms with E-state index in [1.807, 2.05) is 25.3 Å². The van der Waals surface area contributed by atoms with Gasteiger partial charge in [0, 0.05) is 42.0 Å². The van der Waals surface area contributed by atoms with E-state index in [4.69, 9.17) is 4.74 Å². The summed E-state index contributed by atoms with van der Waals surface area (Å²) in [6.07, 6.45) is 0. The number of ether oxygens (including phenoxy) is 1. The van der Waals surface area contributed by atoms with Gasteiger partial charge in [-0.25, -0.2) is 9.37 Å². The molecule has 0 unspecified atom stereocenters. The first-order chi connectivity index (χ1) is 15.4. The van der Waals surface area contributed by atoms with Crippen molar-refractivity contribution in [1.29, 1.82) is 0 Å². The fourth-order valence-electron chi connectivity index (χ4n) is 4.23. The first-order valence-corrected chi connectivity index (χ1v) is 11.7. The van der Waals surface area contributed by atoms with Crippen molar-refractivity contribution in [2.45, 2.75) is 33.4 Å². The highest BCUT2D eigenvalue weighted by Crippen LogP contribution is 2.28. The standard InChI is InChI=1S/C24H29FN4O2S/c1-16-12-21(22-15-32-18(3)27-22)17(2)29(16)14-24(30)26-13-23(28-8-10-31-11-9-28)19-4-6-20(25)7-5-19/h4-7,12,15,23H,8-11,13-14H2,1-3H3,(H,26,30)/t23-/m1/s1. The maximum absolute atomic E-state index is 13.4. The number of hydrogen-bond acceptors (Lipinski definition) is 5. The van der Waals surface area contributed by atoms with Gasteiger partial charge in [-0.3, -0.25) is 9.69 Å². The molecule has 0 bridgehead atoms. The Morgan fingerprint density at radius 2 is 1.94 bits per heavy atom. The zero-order chi connectivity index (χ0) is 22.7. The van der Waals surface area contributed by atoms with E-state index in [2.05, 4.69) is 26.6 Å². The molecule has 4 rings (SSSR count). The Balaban J connectivity index is 1.45. The van der Waals surface area contributed by atoms with E-state index in [0.29, 0.717) is 19.8 Å². The number of carbonyl (C=O) groups excluding carboxylic acids is 1. The van der Waals surface area contributed by atoms with Crippen molar-refractivity contribution in [3.8, 4) is 11.3 Å². The average Bonchev–Trinajstić information content (AvgIpc) is 3.34. The van der Waals surface area contributed by atoms with E-state index < -0.39 is 0 Å². The van der Waals surface area contributed by atoms with Crippen LogP contribution < -0.4 is 5.32 Å². The molecule has 1 aromatic carbocycles. The van der Waals surface area contributed by atoms with Crippen LogP contribution in [0.25, 0.3) is 11.3 Å². The molecular weight excluding hydrogens is 427 g/mol. The van der Waals surface area contributed by atoms with Crippen LogP contribution in [-0.2, 0) is 16.1 Å². The summed E-state index contributed by atoms with van der Waals surface area (Å²) >= 11 is 1.62. The van der Waals surface area contributed by atoms with Crippen LogP contribution in [0.3, 0.4) is 0 Å². The predicted octanol–water partition coefficient (Wildman–Crippen LogP) is 3.87. The zero-order valence-corrected chi connectivity index (χ0v) is 19.5. The summed E-state index contributed by atoms with van der Waals surface area (Å²) in [6.45, 7) is 9.62. The minimum Gasteiger partial charge on any atom is -0.379 e. The van der Waals surface area contributed by atoms with Crippen LogP contribution in [0, 0.1) is 26.6 Å². The normalized spacial score (nSPS) is 15.6. The Morgan fingerprint density at radius 3 is 2.59 bits per heavy atom. The van der Waals surface area contributed by atoms with Gasteiger partial charge in [0.25, 0.3) is 0 Å². The molecule has 0 radical (unpaired) electrons. The molecule has 1 atom stereocenters. The van der Waals surface area contributed by atoms with Crippen LogP contribution in [0.2, 0.25) is 0 Å². The van der Waals surface area contributed by atoms with Gasteiger partial charge in [-0.1, -0.05) is 12.1 Å². The van der Waals surface area contributed by atoms with Gasteiger partial charge in [-0.15, -0.1) is 11.3 Å². The predicted molar refractivity (Wildman–Crippen MR) is 124 cm³/mol. The second kappa shape index (κ2) is 9.94. The van der Waals surface area contributed by atoms with E-state index >= 15 is 0 Å². The number of morpholine rings is 1. The maximum atomic E-state index is 13.4. The second-order valence-corrected chi connectivity index (χ2v) is 9.20. The fourth-order valence-corrected chi connectivity index (χ4v) is 4.85. The quantitative estimate of drug-likeness (QED) is 0.587. The molecule has 1 fully saturated rings. The van der Waals surface area contributed by atoms with Gasteiger partial charge in [-0.2, -0.15) is 0 Å². The Kier molecular flexibility index (Phi) is 7.03. The Bertz CT molecular complexity index is 1070. The molecule has 8 heteroatoms. The van der Waals surface area contributed by atoms with Crippen molar-refractivity contribution in [2.75, 3.05) is 32.8 Å². The summed E-state index contributed by atoms with van der Waals surface area (Å²) in [5.41, 5.74) is 5.07. The van der Waals surface area contributed by atoms with Crippen LogP contribution in [-0.4, -0.2) is 53.2 Å². The largest absolute Gasteiger partial charge is 0.379 e. The molecule has 1 amide bonds. The lowest BCUT2D eigenvalue weighted by molar-refractivity contribution is -0.122. The number of aryl methyl sites for hydroxylation is 2. The topological polar surface area (TPSA) is 59.4 Å². The summed E-state index contributed by atoms with van der Waals surface area (Å²) < 4.78 is 20.9. The fraction of sp³-hybridized carbons (Fsp3) is 0.417. The minimum absolute atomic E-state index is 0.0242. The highest BCUT2D eigenvalue weighted by atomic mass is 32.1. The monoisotopic (exact) mass is 456 g/mol. The number of rotatable bonds is 7. The SMILES string of the molecule is Cc1nc(-c2cc(C)n(CC(=O)NC[C@H](c3ccc(F)cc3)N3CCOCC3)c2C)cs1. The average molecular weight is 457 g/mol. The van der Waals surface area contributed by atoms with Crippen LogP contribution in [0.4, 0.5) is 4.39 Å². The molecule has 1 saturated heterocycles. The highest BCUT2D eigenvalue weighted by molar-refractivity contribution is 7.09. The second-order valence-electron chi connectivity index (χ2n) is 8.14. The Hall–Kier alpha value is -2.55. The van der Waals surface area contributed by atoms with Crippen molar-refractivity contribution in [3.63, 3.8) is 0 Å². The Morgan fingerprint density at radius 1 is 1.22 bits per heavy atom. The molecule has 6 nitrogen and oxygen atoms in total. The third-order valence-electron chi connectivity index (χ3n) is 6.00. The molecule has 1 aliphatic rings.